The number of aromatic amines is 1. The van der Waals surface area contributed by atoms with Crippen molar-refractivity contribution in [1.82, 2.24) is 9.97 Å². The molecule has 0 radical (unpaired) electrons. The van der Waals surface area contributed by atoms with Gasteiger partial charge in [-0.15, -0.1) is 0 Å². The second kappa shape index (κ2) is 3.69. The second-order valence-electron chi connectivity index (χ2n) is 2.73. The highest BCUT2D eigenvalue weighted by Gasteiger charge is 2.30. The van der Waals surface area contributed by atoms with Crippen LogP contribution in [0.15, 0.2) is 18.5 Å². The quantitative estimate of drug-likeness (QED) is 0.784. The lowest BCUT2D eigenvalue weighted by Gasteiger charge is -2.05. The number of hydrogen-bond donors (Lipinski definition) is 1. The summed E-state index contributed by atoms with van der Waals surface area (Å²) in [6.45, 7) is 4.45. The molecule has 0 aliphatic carbocycles. The Bertz CT molecular complexity index is 360. The summed E-state index contributed by atoms with van der Waals surface area (Å²) in [5.74, 6) is 0. The zero-order chi connectivity index (χ0) is 10.8. The Morgan fingerprint density at radius 3 is 2.71 bits per heavy atom. The van der Waals surface area contributed by atoms with Gasteiger partial charge in [0.2, 0.25) is 0 Å². The fourth-order valence-electron chi connectivity index (χ4n) is 0.891. The predicted molar refractivity (Wildman–Crippen MR) is 48.4 cm³/mol. The minimum atomic E-state index is -4.30. The van der Waals surface area contributed by atoms with Crippen molar-refractivity contribution < 1.29 is 13.2 Å². The number of imidazole rings is 1. The van der Waals surface area contributed by atoms with Crippen LogP contribution in [-0.2, 0) is 0 Å². The van der Waals surface area contributed by atoms with Crippen LogP contribution in [0.25, 0.3) is 12.2 Å². The Kier molecular flexibility index (Phi) is 2.78. The van der Waals surface area contributed by atoms with Crippen molar-refractivity contribution in [3.05, 3.63) is 29.9 Å². The summed E-state index contributed by atoms with van der Waals surface area (Å²) in [5.41, 5.74) is 0.0493. The van der Waals surface area contributed by atoms with E-state index in [0.717, 1.165) is 13.0 Å². The largest absolute Gasteiger partial charge is 0.412 e. The smallest absolute Gasteiger partial charge is 0.345 e. The summed E-state index contributed by atoms with van der Waals surface area (Å²) >= 11 is 0. The van der Waals surface area contributed by atoms with Crippen molar-refractivity contribution in [1.29, 1.82) is 0 Å². The molecule has 1 aromatic rings. The number of aromatic nitrogens is 2. The van der Waals surface area contributed by atoms with E-state index < -0.39 is 11.7 Å². The van der Waals surface area contributed by atoms with E-state index >= 15 is 0 Å². The van der Waals surface area contributed by atoms with Crippen LogP contribution in [0.4, 0.5) is 13.2 Å². The summed E-state index contributed by atoms with van der Waals surface area (Å²) in [4.78, 5) is 6.39. The van der Waals surface area contributed by atoms with Crippen molar-refractivity contribution in [3.8, 4) is 0 Å². The molecule has 0 atom stereocenters. The SMILES string of the molecule is C=Cc1nc[nH]c1/C=C(\C)C(F)(F)F. The number of rotatable bonds is 2. The average Bonchev–Trinajstić information content (AvgIpc) is 2.50. The molecule has 0 aliphatic heterocycles. The first-order chi connectivity index (χ1) is 6.45. The molecule has 1 heterocycles. The van der Waals surface area contributed by atoms with Crippen LogP contribution >= 0.6 is 0 Å². The van der Waals surface area contributed by atoms with Crippen molar-refractivity contribution in [3.63, 3.8) is 0 Å². The van der Waals surface area contributed by atoms with Gasteiger partial charge in [0, 0.05) is 5.57 Å². The maximum absolute atomic E-state index is 12.1. The highest BCUT2D eigenvalue weighted by molar-refractivity contribution is 5.60. The third-order valence-corrected chi connectivity index (χ3v) is 1.70. The Balaban J connectivity index is 3.03. The molecule has 0 saturated carbocycles. The van der Waals surface area contributed by atoms with E-state index in [-0.39, 0.29) is 0 Å². The topological polar surface area (TPSA) is 28.7 Å². The van der Waals surface area contributed by atoms with Crippen molar-refractivity contribution in [2.75, 3.05) is 0 Å². The minimum Gasteiger partial charge on any atom is -0.345 e. The van der Waals surface area contributed by atoms with Crippen molar-refractivity contribution >= 4 is 12.2 Å². The van der Waals surface area contributed by atoms with Gasteiger partial charge >= 0.3 is 6.18 Å². The van der Waals surface area contributed by atoms with Gasteiger partial charge in [0.05, 0.1) is 17.7 Å². The molecule has 0 saturated heterocycles. The number of halogens is 3. The van der Waals surface area contributed by atoms with Crippen molar-refractivity contribution in [2.24, 2.45) is 0 Å². The molecule has 14 heavy (non-hydrogen) atoms. The Labute approximate surface area is 79.2 Å². The van der Waals surface area contributed by atoms with E-state index in [9.17, 15) is 13.2 Å². The van der Waals surface area contributed by atoms with E-state index in [1.165, 1.54) is 12.4 Å². The van der Waals surface area contributed by atoms with Crippen LogP contribution < -0.4 is 0 Å². The van der Waals surface area contributed by atoms with Crippen LogP contribution in [0, 0.1) is 0 Å². The van der Waals surface area contributed by atoms with Gasteiger partial charge in [-0.1, -0.05) is 6.58 Å². The number of hydrogen-bond acceptors (Lipinski definition) is 1. The van der Waals surface area contributed by atoms with Crippen LogP contribution in [-0.4, -0.2) is 16.1 Å². The summed E-state index contributed by atoms with van der Waals surface area (Å²) < 4.78 is 36.4. The summed E-state index contributed by atoms with van der Waals surface area (Å²) in [7, 11) is 0. The van der Waals surface area contributed by atoms with Crippen LogP contribution in [0.3, 0.4) is 0 Å². The number of nitrogens with one attached hydrogen (secondary N) is 1. The van der Waals surface area contributed by atoms with E-state index in [4.69, 9.17) is 0 Å². The number of alkyl halides is 3. The maximum atomic E-state index is 12.1. The van der Waals surface area contributed by atoms with E-state index in [1.54, 1.807) is 0 Å². The van der Waals surface area contributed by atoms with Gasteiger partial charge in [-0.2, -0.15) is 13.2 Å². The van der Waals surface area contributed by atoms with Gasteiger partial charge in [0.25, 0.3) is 0 Å². The third kappa shape index (κ3) is 2.25. The zero-order valence-corrected chi connectivity index (χ0v) is 7.52. The highest BCUT2D eigenvalue weighted by Crippen LogP contribution is 2.26. The highest BCUT2D eigenvalue weighted by atomic mass is 19.4. The molecule has 76 valence electrons. The Morgan fingerprint density at radius 1 is 1.57 bits per heavy atom. The van der Waals surface area contributed by atoms with E-state index in [2.05, 4.69) is 16.5 Å². The van der Waals surface area contributed by atoms with Gasteiger partial charge in [0.1, 0.15) is 0 Å². The lowest BCUT2D eigenvalue weighted by molar-refractivity contribution is -0.0903. The molecule has 5 heteroatoms. The molecule has 0 unspecified atom stereocenters. The van der Waals surface area contributed by atoms with Gasteiger partial charge in [0.15, 0.2) is 0 Å². The zero-order valence-electron chi connectivity index (χ0n) is 7.52. The maximum Gasteiger partial charge on any atom is 0.412 e. The standard InChI is InChI=1S/C9H9F3N2/c1-3-7-8(14-5-13-7)4-6(2)9(10,11)12/h3-5H,1H2,2H3,(H,13,14)/b6-4+. The number of allylic oxidation sites excluding steroid dienone is 1. The Morgan fingerprint density at radius 2 is 2.21 bits per heavy atom. The molecule has 0 amide bonds. The first-order valence-electron chi connectivity index (χ1n) is 3.86. The molecular formula is C9H9F3N2. The predicted octanol–water partition coefficient (Wildman–Crippen LogP) is 3.02. The third-order valence-electron chi connectivity index (χ3n) is 1.70. The van der Waals surface area contributed by atoms with Crippen LogP contribution in [0.1, 0.15) is 18.3 Å². The normalized spacial score (nSPS) is 13.0. The fraction of sp³-hybridized carbons (Fsp3) is 0.222. The molecule has 1 aromatic heterocycles. The molecule has 0 aromatic carbocycles. The molecule has 1 N–H and O–H groups in total. The monoisotopic (exact) mass is 202 g/mol. The number of nitrogens with zero attached hydrogens (tertiary/aromatic N) is 1. The Hall–Kier alpha value is -1.52. The molecule has 2 nitrogen and oxygen atoms in total. The average molecular weight is 202 g/mol. The van der Waals surface area contributed by atoms with Crippen molar-refractivity contribution in [2.45, 2.75) is 13.1 Å². The first kappa shape index (κ1) is 10.6. The molecular weight excluding hydrogens is 193 g/mol. The molecule has 0 spiro atoms. The fourth-order valence-corrected chi connectivity index (χ4v) is 0.891. The molecule has 0 aliphatic rings. The van der Waals surface area contributed by atoms with Crippen LogP contribution in [0.5, 0.6) is 0 Å². The van der Waals surface area contributed by atoms with Gasteiger partial charge in [-0.3, -0.25) is 0 Å². The lowest BCUT2D eigenvalue weighted by atomic mass is 10.2. The minimum absolute atomic E-state index is 0.315. The van der Waals surface area contributed by atoms with Gasteiger partial charge in [-0.05, 0) is 19.1 Å². The lowest BCUT2D eigenvalue weighted by Crippen LogP contribution is -2.08. The molecule has 0 fully saturated rings. The summed E-state index contributed by atoms with van der Waals surface area (Å²) in [5, 5.41) is 0. The van der Waals surface area contributed by atoms with Gasteiger partial charge in [-0.25, -0.2) is 4.98 Å². The van der Waals surface area contributed by atoms with Crippen LogP contribution in [0.2, 0.25) is 0 Å². The summed E-state index contributed by atoms with van der Waals surface area (Å²) in [6, 6.07) is 0. The second-order valence-corrected chi connectivity index (χ2v) is 2.73. The molecule has 0 bridgehead atoms. The molecule has 1 rings (SSSR count). The van der Waals surface area contributed by atoms with Gasteiger partial charge < -0.3 is 4.98 Å². The summed E-state index contributed by atoms with van der Waals surface area (Å²) in [6.07, 6.45) is -0.577. The number of H-pyrrole nitrogens is 1. The van der Waals surface area contributed by atoms with E-state index in [1.807, 2.05) is 0 Å². The van der Waals surface area contributed by atoms with E-state index in [0.29, 0.717) is 11.4 Å². The first-order valence-corrected chi connectivity index (χ1v) is 3.86.